The lowest BCUT2D eigenvalue weighted by Gasteiger charge is -2.48. The summed E-state index contributed by atoms with van der Waals surface area (Å²) >= 11 is 0. The highest BCUT2D eigenvalue weighted by Gasteiger charge is 2.41. The van der Waals surface area contributed by atoms with E-state index in [0.29, 0.717) is 11.3 Å². The van der Waals surface area contributed by atoms with Crippen molar-refractivity contribution in [1.29, 1.82) is 0 Å². The molecule has 1 aromatic rings. The van der Waals surface area contributed by atoms with Gasteiger partial charge in [-0.05, 0) is 36.5 Å². The third-order valence-electron chi connectivity index (χ3n) is 6.01. The number of nitrogens with zero attached hydrogens (tertiary/aromatic N) is 2. The van der Waals surface area contributed by atoms with E-state index in [2.05, 4.69) is 30.9 Å². The van der Waals surface area contributed by atoms with Crippen molar-refractivity contribution in [2.75, 3.05) is 0 Å². The lowest BCUT2D eigenvalue weighted by molar-refractivity contribution is -0.137. The summed E-state index contributed by atoms with van der Waals surface area (Å²) in [5.41, 5.74) is 0.592. The van der Waals surface area contributed by atoms with Crippen LogP contribution >= 0.6 is 0 Å². The maximum Gasteiger partial charge on any atom is 0.304 e. The van der Waals surface area contributed by atoms with Gasteiger partial charge in [-0.2, -0.15) is 4.98 Å². The Balaban J connectivity index is 2.02. The monoisotopic (exact) mass is 352 g/mol. The van der Waals surface area contributed by atoms with Gasteiger partial charge in [0.25, 0.3) is 0 Å². The number of carboxylic acids is 1. The first kappa shape index (κ1) is 19.9. The first-order chi connectivity index (χ1) is 11.8. The van der Waals surface area contributed by atoms with Crippen molar-refractivity contribution in [3.8, 4) is 0 Å². The molecule has 1 aliphatic rings. The van der Waals surface area contributed by atoms with Gasteiger partial charge in [0.05, 0.1) is 6.42 Å². The topological polar surface area (TPSA) is 96.5 Å². The van der Waals surface area contributed by atoms with Gasteiger partial charge in [0.15, 0.2) is 5.82 Å². The van der Waals surface area contributed by atoms with E-state index in [1.54, 1.807) is 0 Å². The Labute approximate surface area is 150 Å². The predicted octanol–water partition coefficient (Wildman–Crippen LogP) is 4.29. The Kier molecular flexibility index (Phi) is 6.60. The Morgan fingerprint density at radius 2 is 1.96 bits per heavy atom. The zero-order valence-corrected chi connectivity index (χ0v) is 15.8. The van der Waals surface area contributed by atoms with E-state index in [1.807, 2.05) is 0 Å². The number of hydrogen-bond donors (Lipinski definition) is 2. The van der Waals surface area contributed by atoms with E-state index < -0.39 is 5.97 Å². The van der Waals surface area contributed by atoms with E-state index in [1.165, 1.54) is 32.1 Å². The summed E-state index contributed by atoms with van der Waals surface area (Å²) in [7, 11) is 0. The van der Waals surface area contributed by atoms with Crippen LogP contribution in [0.3, 0.4) is 0 Å². The lowest BCUT2D eigenvalue weighted by Crippen LogP contribution is -2.37. The largest absolute Gasteiger partial charge is 0.481 e. The van der Waals surface area contributed by atoms with E-state index in [0.717, 1.165) is 19.3 Å². The van der Waals surface area contributed by atoms with Crippen LogP contribution in [-0.4, -0.2) is 26.3 Å². The van der Waals surface area contributed by atoms with Crippen molar-refractivity contribution in [2.45, 2.75) is 91.1 Å². The Hall–Kier alpha value is -1.43. The summed E-state index contributed by atoms with van der Waals surface area (Å²) in [5, 5.41) is 22.0. The van der Waals surface area contributed by atoms with Crippen LogP contribution in [0.15, 0.2) is 4.52 Å². The fourth-order valence-corrected chi connectivity index (χ4v) is 4.31. The zero-order valence-electron chi connectivity index (χ0n) is 15.8. The molecule has 6 heteroatoms. The van der Waals surface area contributed by atoms with Gasteiger partial charge in [-0.25, -0.2) is 0 Å². The molecule has 25 heavy (non-hydrogen) atoms. The number of aliphatic hydroxyl groups is 1. The number of hydrogen-bond acceptors (Lipinski definition) is 5. The molecular formula is C19H32N2O4. The van der Waals surface area contributed by atoms with Crippen molar-refractivity contribution in [1.82, 2.24) is 10.1 Å². The van der Waals surface area contributed by atoms with E-state index in [4.69, 9.17) is 9.63 Å². The summed E-state index contributed by atoms with van der Waals surface area (Å²) < 4.78 is 5.17. The first-order valence-corrected chi connectivity index (χ1v) is 9.42. The summed E-state index contributed by atoms with van der Waals surface area (Å²) in [4.78, 5) is 15.3. The third kappa shape index (κ3) is 5.03. The second-order valence-corrected chi connectivity index (χ2v) is 8.48. The van der Waals surface area contributed by atoms with Crippen molar-refractivity contribution in [3.63, 3.8) is 0 Å². The second-order valence-electron chi connectivity index (χ2n) is 8.48. The number of aromatic nitrogens is 2. The van der Waals surface area contributed by atoms with Gasteiger partial charge >= 0.3 is 5.97 Å². The van der Waals surface area contributed by atoms with Gasteiger partial charge in [0, 0.05) is 5.92 Å². The summed E-state index contributed by atoms with van der Waals surface area (Å²) in [6, 6.07) is 0. The molecule has 0 aliphatic heterocycles. The van der Waals surface area contributed by atoms with Gasteiger partial charge in [-0.3, -0.25) is 4.79 Å². The molecule has 2 N–H and O–H groups in total. The molecule has 0 spiro atoms. The Morgan fingerprint density at radius 3 is 2.48 bits per heavy atom. The summed E-state index contributed by atoms with van der Waals surface area (Å²) in [5.74, 6) is -0.605. The molecule has 2 rings (SSSR count). The van der Waals surface area contributed by atoms with Gasteiger partial charge < -0.3 is 14.7 Å². The third-order valence-corrected chi connectivity index (χ3v) is 6.01. The zero-order chi connectivity index (χ0) is 18.5. The molecular weight excluding hydrogens is 320 g/mol. The number of rotatable bonds is 8. The average molecular weight is 352 g/mol. The van der Waals surface area contributed by atoms with Gasteiger partial charge in [-0.15, -0.1) is 0 Å². The van der Waals surface area contributed by atoms with Crippen molar-refractivity contribution < 1.29 is 19.5 Å². The second kappa shape index (κ2) is 8.30. The molecule has 0 bridgehead atoms. The van der Waals surface area contributed by atoms with Gasteiger partial charge in [-0.1, -0.05) is 51.6 Å². The minimum Gasteiger partial charge on any atom is -0.481 e. The van der Waals surface area contributed by atoms with Crippen LogP contribution < -0.4 is 0 Å². The number of aliphatic hydroxyl groups excluding tert-OH is 1. The van der Waals surface area contributed by atoms with Crippen molar-refractivity contribution in [3.05, 3.63) is 11.7 Å². The van der Waals surface area contributed by atoms with Crippen LogP contribution in [-0.2, 0) is 11.4 Å². The van der Waals surface area contributed by atoms with Gasteiger partial charge in [0.2, 0.25) is 5.89 Å². The van der Waals surface area contributed by atoms with Crippen molar-refractivity contribution in [2.24, 2.45) is 10.8 Å². The van der Waals surface area contributed by atoms with Gasteiger partial charge in [0.1, 0.15) is 6.61 Å². The molecule has 0 saturated heterocycles. The molecule has 1 heterocycles. The molecule has 1 aliphatic carbocycles. The quantitative estimate of drug-likeness (QED) is 0.724. The molecule has 0 amide bonds. The molecule has 1 atom stereocenters. The molecule has 1 aromatic heterocycles. The maximum atomic E-state index is 11.2. The lowest BCUT2D eigenvalue weighted by atomic mass is 9.57. The van der Waals surface area contributed by atoms with E-state index >= 15 is 0 Å². The SMILES string of the molecule is CC(C)(C)C1(CCC[C@H](CC(=O)O)c2nc(CO)no2)CCCCC1. The van der Waals surface area contributed by atoms with Crippen molar-refractivity contribution >= 4 is 5.97 Å². The first-order valence-electron chi connectivity index (χ1n) is 9.42. The van der Waals surface area contributed by atoms with Crippen LogP contribution in [0.4, 0.5) is 0 Å². The molecule has 1 fully saturated rings. The minimum atomic E-state index is -0.864. The number of carboxylic acid groups (broad SMARTS) is 1. The minimum absolute atomic E-state index is 0.0183. The predicted molar refractivity (Wildman–Crippen MR) is 94.0 cm³/mol. The standard InChI is InChI=1S/C19H32N2O4/c1-18(2,3)19(9-5-4-6-10-19)11-7-8-14(12-16(23)24)17-20-15(13-22)21-25-17/h14,22H,4-13H2,1-3H3,(H,23,24)/t14-/m1/s1. The normalized spacial score (nSPS) is 18.9. The summed E-state index contributed by atoms with van der Waals surface area (Å²) in [6.07, 6.45) is 9.18. The number of aliphatic carboxylic acids is 1. The molecule has 0 unspecified atom stereocenters. The van der Waals surface area contributed by atoms with Crippen LogP contribution in [0.25, 0.3) is 0 Å². The summed E-state index contributed by atoms with van der Waals surface area (Å²) in [6.45, 7) is 6.70. The highest BCUT2D eigenvalue weighted by Crippen LogP contribution is 2.53. The smallest absolute Gasteiger partial charge is 0.304 e. The Morgan fingerprint density at radius 1 is 1.28 bits per heavy atom. The average Bonchev–Trinajstić information content (AvgIpc) is 3.02. The van der Waals surface area contributed by atoms with Crippen LogP contribution in [0.2, 0.25) is 0 Å². The van der Waals surface area contributed by atoms with Crippen LogP contribution in [0, 0.1) is 10.8 Å². The Bertz CT molecular complexity index is 556. The van der Waals surface area contributed by atoms with E-state index in [9.17, 15) is 9.90 Å². The van der Waals surface area contributed by atoms with Crippen LogP contribution in [0.1, 0.15) is 96.2 Å². The fraction of sp³-hybridized carbons (Fsp3) is 0.842. The fourth-order valence-electron chi connectivity index (χ4n) is 4.31. The molecule has 6 nitrogen and oxygen atoms in total. The molecule has 1 saturated carbocycles. The number of carbonyl (C=O) groups is 1. The molecule has 0 aromatic carbocycles. The van der Waals surface area contributed by atoms with Crippen LogP contribution in [0.5, 0.6) is 0 Å². The highest BCUT2D eigenvalue weighted by atomic mass is 16.5. The highest BCUT2D eigenvalue weighted by molar-refractivity contribution is 5.67. The van der Waals surface area contributed by atoms with E-state index in [-0.39, 0.29) is 30.2 Å². The molecule has 0 radical (unpaired) electrons. The maximum absolute atomic E-state index is 11.2. The molecule has 142 valence electrons.